The van der Waals surface area contributed by atoms with E-state index in [-0.39, 0.29) is 13.2 Å². The molecule has 0 saturated carbocycles. The molecule has 1 aliphatic heterocycles. The Balaban J connectivity index is 1.41. The van der Waals surface area contributed by atoms with Gasteiger partial charge in [0.15, 0.2) is 0 Å². The zero-order valence-electron chi connectivity index (χ0n) is 15.2. The first-order valence-corrected chi connectivity index (χ1v) is 9.35. The lowest BCUT2D eigenvalue weighted by molar-refractivity contribution is -0.140. The molecule has 0 radical (unpaired) electrons. The van der Waals surface area contributed by atoms with E-state index in [4.69, 9.17) is 13.9 Å². The average Bonchev–Trinajstić information content (AvgIpc) is 3.17. The zero-order valence-corrected chi connectivity index (χ0v) is 15.2. The second-order valence-corrected chi connectivity index (χ2v) is 7.13. The summed E-state index contributed by atoms with van der Waals surface area (Å²) in [6.45, 7) is 0.180. The van der Waals surface area contributed by atoms with Crippen LogP contribution in [0.3, 0.4) is 0 Å². The van der Waals surface area contributed by atoms with E-state index in [2.05, 4.69) is 6.07 Å². The summed E-state index contributed by atoms with van der Waals surface area (Å²) in [6.07, 6.45) is 4.92. The van der Waals surface area contributed by atoms with Gasteiger partial charge in [-0.05, 0) is 54.7 Å². The number of carbonyl (C=O) groups excluding carboxylic acids is 1. The molecule has 5 nitrogen and oxygen atoms in total. The van der Waals surface area contributed by atoms with Crippen molar-refractivity contribution in [2.75, 3.05) is 6.61 Å². The molecule has 0 N–H and O–H groups in total. The molecule has 3 aromatic rings. The molecule has 0 unspecified atom stereocenters. The van der Waals surface area contributed by atoms with Crippen LogP contribution in [0.4, 0.5) is 0 Å². The average molecular weight is 374 g/mol. The van der Waals surface area contributed by atoms with Crippen LogP contribution in [0.2, 0.25) is 0 Å². The summed E-state index contributed by atoms with van der Waals surface area (Å²) in [6, 6.07) is 12.9. The number of ether oxygens (including phenoxy) is 2. The fourth-order valence-corrected chi connectivity index (χ4v) is 3.88. The number of benzene rings is 2. The van der Waals surface area contributed by atoms with Gasteiger partial charge in [0, 0.05) is 22.6 Å². The molecule has 1 aromatic heterocycles. The summed E-state index contributed by atoms with van der Waals surface area (Å²) in [5, 5.41) is 0.826. The number of hydrogen-bond donors (Lipinski definition) is 0. The van der Waals surface area contributed by atoms with Crippen LogP contribution in [0.25, 0.3) is 17.0 Å². The third-order valence-electron chi connectivity index (χ3n) is 5.30. The van der Waals surface area contributed by atoms with E-state index in [1.807, 2.05) is 30.3 Å². The maximum Gasteiger partial charge on any atom is 0.337 e. The van der Waals surface area contributed by atoms with E-state index in [1.54, 1.807) is 6.08 Å². The largest absolute Gasteiger partial charge is 0.488 e. The highest BCUT2D eigenvalue weighted by molar-refractivity contribution is 5.95. The lowest BCUT2D eigenvalue weighted by Crippen LogP contribution is -2.17. The van der Waals surface area contributed by atoms with Crippen LogP contribution in [0.5, 0.6) is 5.75 Å². The molecule has 1 aliphatic carbocycles. The minimum Gasteiger partial charge on any atom is -0.488 e. The molecular formula is C23H18O5. The van der Waals surface area contributed by atoms with Gasteiger partial charge in [-0.2, -0.15) is 0 Å². The molecule has 2 aliphatic rings. The molecular weight excluding hydrogens is 356 g/mol. The Morgan fingerprint density at radius 3 is 2.79 bits per heavy atom. The fraction of sp³-hybridized carbons (Fsp3) is 0.217. The molecule has 5 rings (SSSR count). The maximum atomic E-state index is 12.5. The molecule has 0 atom stereocenters. The van der Waals surface area contributed by atoms with Crippen LogP contribution in [0.1, 0.15) is 28.7 Å². The number of aryl methyl sites for hydroxylation is 2. The smallest absolute Gasteiger partial charge is 0.337 e. The summed E-state index contributed by atoms with van der Waals surface area (Å²) in [5.41, 5.74) is 4.57. The van der Waals surface area contributed by atoms with Crippen molar-refractivity contribution in [3.63, 3.8) is 0 Å². The first-order valence-electron chi connectivity index (χ1n) is 9.35. The highest BCUT2D eigenvalue weighted by atomic mass is 16.5. The third kappa shape index (κ3) is 2.99. The number of esters is 1. The topological polar surface area (TPSA) is 65.7 Å². The van der Waals surface area contributed by atoms with E-state index in [0.29, 0.717) is 16.7 Å². The Hall–Kier alpha value is -3.34. The molecule has 0 spiro atoms. The van der Waals surface area contributed by atoms with Crippen molar-refractivity contribution >= 4 is 23.0 Å². The highest BCUT2D eigenvalue weighted by Crippen LogP contribution is 2.29. The number of fused-ring (bicyclic) bond motifs is 3. The van der Waals surface area contributed by atoms with E-state index in [9.17, 15) is 9.59 Å². The van der Waals surface area contributed by atoms with Crippen LogP contribution in [-0.4, -0.2) is 12.6 Å². The number of hydrogen-bond acceptors (Lipinski definition) is 5. The fourth-order valence-electron chi connectivity index (χ4n) is 3.88. The van der Waals surface area contributed by atoms with E-state index >= 15 is 0 Å². The van der Waals surface area contributed by atoms with Gasteiger partial charge in [0.1, 0.15) is 24.5 Å². The maximum absolute atomic E-state index is 12.5. The van der Waals surface area contributed by atoms with Crippen LogP contribution >= 0.6 is 0 Å². The van der Waals surface area contributed by atoms with E-state index < -0.39 is 11.6 Å². The summed E-state index contributed by atoms with van der Waals surface area (Å²) in [7, 11) is 0. The molecule has 140 valence electrons. The SMILES string of the molecule is O=C(OCc1cc(=O)oc2cc3c(cc12)CCC3)C1=Cc2ccccc2OC1. The Labute approximate surface area is 161 Å². The van der Waals surface area contributed by atoms with Crippen LogP contribution in [0, 0.1) is 0 Å². The summed E-state index contributed by atoms with van der Waals surface area (Å²) in [4.78, 5) is 24.5. The molecule has 0 fully saturated rings. The van der Waals surface area contributed by atoms with Gasteiger partial charge in [0.2, 0.25) is 0 Å². The van der Waals surface area contributed by atoms with Crippen molar-refractivity contribution in [3.8, 4) is 5.75 Å². The van der Waals surface area contributed by atoms with Crippen molar-refractivity contribution in [1.29, 1.82) is 0 Å². The second kappa shape index (κ2) is 6.68. The lowest BCUT2D eigenvalue weighted by Gasteiger charge is -2.17. The standard InChI is InChI=1S/C23H18O5/c24-22-11-17(19-9-14-5-3-6-15(14)10-21(19)28-22)12-27-23(25)18-8-16-4-1-2-7-20(16)26-13-18/h1-2,4,7-11H,3,5-6,12-13H2. The second-order valence-electron chi connectivity index (χ2n) is 7.13. The third-order valence-corrected chi connectivity index (χ3v) is 5.30. The highest BCUT2D eigenvalue weighted by Gasteiger charge is 2.20. The lowest BCUT2D eigenvalue weighted by atomic mass is 10.0. The summed E-state index contributed by atoms with van der Waals surface area (Å²) < 4.78 is 16.5. The van der Waals surface area contributed by atoms with E-state index in [0.717, 1.165) is 36.0 Å². The van der Waals surface area contributed by atoms with Gasteiger partial charge in [-0.3, -0.25) is 0 Å². The van der Waals surface area contributed by atoms with Gasteiger partial charge in [-0.15, -0.1) is 0 Å². The Bertz CT molecular complexity index is 1190. The first kappa shape index (κ1) is 16.8. The zero-order chi connectivity index (χ0) is 19.1. The van der Waals surface area contributed by atoms with Gasteiger partial charge in [-0.25, -0.2) is 9.59 Å². The molecule has 2 aromatic carbocycles. The summed E-state index contributed by atoms with van der Waals surface area (Å²) >= 11 is 0. The van der Waals surface area contributed by atoms with Crippen molar-refractivity contribution < 1.29 is 18.7 Å². The van der Waals surface area contributed by atoms with Gasteiger partial charge >= 0.3 is 11.6 Å². The van der Waals surface area contributed by atoms with Crippen molar-refractivity contribution in [2.24, 2.45) is 0 Å². The predicted octanol–water partition coefficient (Wildman–Crippen LogP) is 3.80. The molecule has 28 heavy (non-hydrogen) atoms. The molecule has 0 bridgehead atoms. The van der Waals surface area contributed by atoms with Crippen molar-refractivity contribution in [3.05, 3.63) is 80.7 Å². The number of rotatable bonds is 3. The Morgan fingerprint density at radius 1 is 1.07 bits per heavy atom. The monoisotopic (exact) mass is 374 g/mol. The number of carbonyl (C=O) groups is 1. The van der Waals surface area contributed by atoms with Crippen LogP contribution in [-0.2, 0) is 29.0 Å². The first-order chi connectivity index (χ1) is 13.7. The van der Waals surface area contributed by atoms with Gasteiger partial charge in [-0.1, -0.05) is 18.2 Å². The van der Waals surface area contributed by atoms with Crippen molar-refractivity contribution in [1.82, 2.24) is 0 Å². The van der Waals surface area contributed by atoms with Crippen LogP contribution in [0.15, 0.2) is 57.2 Å². The molecule has 0 saturated heterocycles. The Kier molecular flexibility index (Phi) is 4.01. The molecule has 0 amide bonds. The minimum atomic E-state index is -0.447. The van der Waals surface area contributed by atoms with Gasteiger partial charge < -0.3 is 13.9 Å². The van der Waals surface area contributed by atoms with E-state index in [1.165, 1.54) is 17.2 Å². The van der Waals surface area contributed by atoms with Gasteiger partial charge in [0.05, 0.1) is 5.57 Å². The number of para-hydroxylation sites is 1. The van der Waals surface area contributed by atoms with Gasteiger partial charge in [0.25, 0.3) is 0 Å². The minimum absolute atomic E-state index is 0.0126. The molecule has 2 heterocycles. The summed E-state index contributed by atoms with van der Waals surface area (Å²) in [5.74, 6) is 0.302. The van der Waals surface area contributed by atoms with Crippen molar-refractivity contribution in [2.45, 2.75) is 25.9 Å². The predicted molar refractivity (Wildman–Crippen MR) is 104 cm³/mol. The quantitative estimate of drug-likeness (QED) is 0.515. The normalized spacial score (nSPS) is 14.8. The Morgan fingerprint density at radius 2 is 1.89 bits per heavy atom. The van der Waals surface area contributed by atoms with Crippen LogP contribution < -0.4 is 10.4 Å². The molecule has 5 heteroatoms.